The maximum Gasteiger partial charge on any atom is 0.488 e. The van der Waals surface area contributed by atoms with Gasteiger partial charge in [0.2, 0.25) is 0 Å². The van der Waals surface area contributed by atoms with Crippen molar-refractivity contribution < 1.29 is 19.6 Å². The second-order valence-electron chi connectivity index (χ2n) is 4.33. The number of carbonyl (C=O) groups excluding carboxylic acids is 2. The van der Waals surface area contributed by atoms with Gasteiger partial charge in [0.05, 0.1) is 0 Å². The number of carbonyl (C=O) groups is 2. The average Bonchev–Trinajstić information content (AvgIpc) is 2.39. The van der Waals surface area contributed by atoms with Gasteiger partial charge in [0, 0.05) is 31.5 Å². The summed E-state index contributed by atoms with van der Waals surface area (Å²) in [5.41, 5.74) is 0.698. The van der Waals surface area contributed by atoms with Crippen molar-refractivity contribution in [3.8, 4) is 0 Å². The zero-order valence-corrected chi connectivity index (χ0v) is 9.87. The van der Waals surface area contributed by atoms with Gasteiger partial charge in [-0.25, -0.2) is 0 Å². The molecule has 2 N–H and O–H groups in total. The monoisotopic (exact) mass is 247 g/mol. The van der Waals surface area contributed by atoms with E-state index in [1.54, 1.807) is 23.1 Å². The fraction of sp³-hybridized carbons (Fsp3) is 0.333. The third kappa shape index (κ3) is 2.77. The number of ketones is 1. The average molecular weight is 247 g/mol. The molecule has 18 heavy (non-hydrogen) atoms. The lowest BCUT2D eigenvalue weighted by Crippen LogP contribution is -2.39. The molecule has 0 saturated carbocycles. The SMILES string of the molecule is O=C1CCN(C(=O)c2cccc(B(O)O)c2)CC1. The molecule has 0 aliphatic carbocycles. The first kappa shape index (κ1) is 12.8. The minimum atomic E-state index is -1.58. The first-order chi connectivity index (χ1) is 8.58. The number of hydrogen-bond donors (Lipinski definition) is 2. The van der Waals surface area contributed by atoms with Crippen molar-refractivity contribution in [2.75, 3.05) is 13.1 Å². The van der Waals surface area contributed by atoms with Crippen molar-refractivity contribution in [1.82, 2.24) is 4.90 Å². The van der Waals surface area contributed by atoms with Crippen molar-refractivity contribution >= 4 is 24.3 Å². The zero-order chi connectivity index (χ0) is 13.1. The molecule has 0 unspecified atom stereocenters. The molecular weight excluding hydrogens is 233 g/mol. The summed E-state index contributed by atoms with van der Waals surface area (Å²) in [6.07, 6.45) is 0.794. The highest BCUT2D eigenvalue weighted by molar-refractivity contribution is 6.58. The Morgan fingerprint density at radius 2 is 1.89 bits per heavy atom. The highest BCUT2D eigenvalue weighted by Gasteiger charge is 2.22. The van der Waals surface area contributed by atoms with Crippen LogP contribution in [0.5, 0.6) is 0 Å². The van der Waals surface area contributed by atoms with Crippen molar-refractivity contribution in [3.05, 3.63) is 29.8 Å². The molecule has 0 radical (unpaired) electrons. The molecule has 1 aromatic rings. The van der Waals surface area contributed by atoms with Crippen LogP contribution in [-0.4, -0.2) is 46.8 Å². The van der Waals surface area contributed by atoms with Crippen molar-refractivity contribution in [2.24, 2.45) is 0 Å². The van der Waals surface area contributed by atoms with Crippen LogP contribution in [0, 0.1) is 0 Å². The summed E-state index contributed by atoms with van der Waals surface area (Å²) >= 11 is 0. The summed E-state index contributed by atoms with van der Waals surface area (Å²) in [5, 5.41) is 18.1. The molecular formula is C12H14BNO4. The molecule has 6 heteroatoms. The largest absolute Gasteiger partial charge is 0.488 e. The summed E-state index contributed by atoms with van der Waals surface area (Å²) in [7, 11) is -1.58. The van der Waals surface area contributed by atoms with E-state index in [0.717, 1.165) is 0 Å². The van der Waals surface area contributed by atoms with E-state index >= 15 is 0 Å². The normalized spacial score (nSPS) is 15.7. The lowest BCUT2D eigenvalue weighted by molar-refractivity contribution is -0.120. The highest BCUT2D eigenvalue weighted by atomic mass is 16.4. The third-order valence-corrected chi connectivity index (χ3v) is 3.04. The number of hydrogen-bond acceptors (Lipinski definition) is 4. The molecule has 0 spiro atoms. The van der Waals surface area contributed by atoms with E-state index in [-0.39, 0.29) is 17.2 Å². The summed E-state index contributed by atoms with van der Waals surface area (Å²) in [5.74, 6) is 0.00332. The maximum atomic E-state index is 12.1. The number of rotatable bonds is 2. The number of benzene rings is 1. The Bertz CT molecular complexity index is 465. The molecule has 5 nitrogen and oxygen atoms in total. The Kier molecular flexibility index (Phi) is 3.79. The molecule has 1 aromatic carbocycles. The van der Waals surface area contributed by atoms with E-state index in [9.17, 15) is 9.59 Å². The minimum absolute atomic E-state index is 0.176. The van der Waals surface area contributed by atoms with Crippen LogP contribution in [0.4, 0.5) is 0 Å². The smallest absolute Gasteiger partial charge is 0.423 e. The van der Waals surface area contributed by atoms with E-state index in [4.69, 9.17) is 10.0 Å². The molecule has 1 heterocycles. The molecule has 1 fully saturated rings. The molecule has 1 aliphatic heterocycles. The first-order valence-corrected chi connectivity index (χ1v) is 5.85. The predicted octanol–water partition coefficient (Wildman–Crippen LogP) is -0.829. The summed E-state index contributed by atoms with van der Waals surface area (Å²) in [6.45, 7) is 0.868. The van der Waals surface area contributed by atoms with E-state index in [0.29, 0.717) is 31.5 Å². The van der Waals surface area contributed by atoms with Crippen LogP contribution < -0.4 is 5.46 Å². The van der Waals surface area contributed by atoms with Gasteiger partial charge in [-0.2, -0.15) is 0 Å². The zero-order valence-electron chi connectivity index (χ0n) is 9.87. The van der Waals surface area contributed by atoms with Crippen LogP contribution in [0.2, 0.25) is 0 Å². The summed E-state index contributed by atoms with van der Waals surface area (Å²) < 4.78 is 0. The van der Waals surface area contributed by atoms with Crippen LogP contribution >= 0.6 is 0 Å². The van der Waals surface area contributed by atoms with Gasteiger partial charge >= 0.3 is 7.12 Å². The topological polar surface area (TPSA) is 77.8 Å². The van der Waals surface area contributed by atoms with Gasteiger partial charge < -0.3 is 14.9 Å². The summed E-state index contributed by atoms with van der Waals surface area (Å²) in [6, 6.07) is 6.24. The van der Waals surface area contributed by atoms with E-state index < -0.39 is 7.12 Å². The number of amides is 1. The fourth-order valence-electron chi connectivity index (χ4n) is 1.97. The molecule has 1 amide bonds. The molecule has 0 aromatic heterocycles. The van der Waals surface area contributed by atoms with Crippen LogP contribution in [0.25, 0.3) is 0 Å². The number of Topliss-reactive ketones (excluding diaryl/α,β-unsaturated/α-hetero) is 1. The maximum absolute atomic E-state index is 12.1. The van der Waals surface area contributed by atoms with E-state index in [1.807, 2.05) is 0 Å². The Morgan fingerprint density at radius 3 is 2.50 bits per heavy atom. The van der Waals surface area contributed by atoms with Gasteiger partial charge in [-0.3, -0.25) is 9.59 Å². The molecule has 1 saturated heterocycles. The van der Waals surface area contributed by atoms with Crippen LogP contribution in [-0.2, 0) is 4.79 Å². The Balaban J connectivity index is 2.13. The number of piperidine rings is 1. The second kappa shape index (κ2) is 5.33. The molecule has 2 rings (SSSR count). The number of nitrogens with zero attached hydrogens (tertiary/aromatic N) is 1. The second-order valence-corrected chi connectivity index (χ2v) is 4.33. The summed E-state index contributed by atoms with van der Waals surface area (Å²) in [4.78, 5) is 24.9. The standard InChI is InChI=1S/C12H14BNO4/c15-11-4-6-14(7-5-11)12(16)9-2-1-3-10(8-9)13(17)18/h1-3,8,17-18H,4-7H2. The van der Waals surface area contributed by atoms with Gasteiger partial charge in [0.25, 0.3) is 5.91 Å². The van der Waals surface area contributed by atoms with Gasteiger partial charge in [-0.05, 0) is 17.6 Å². The quantitative estimate of drug-likeness (QED) is 0.669. The Labute approximate surface area is 105 Å². The predicted molar refractivity (Wildman–Crippen MR) is 66.4 cm³/mol. The highest BCUT2D eigenvalue weighted by Crippen LogP contribution is 2.10. The van der Waals surface area contributed by atoms with Gasteiger partial charge in [0.1, 0.15) is 5.78 Å². The van der Waals surface area contributed by atoms with Crippen LogP contribution in [0.3, 0.4) is 0 Å². The lowest BCUT2D eigenvalue weighted by Gasteiger charge is -2.26. The molecule has 0 bridgehead atoms. The Hall–Kier alpha value is -1.66. The molecule has 0 atom stereocenters. The van der Waals surface area contributed by atoms with E-state index in [2.05, 4.69) is 0 Å². The molecule has 94 valence electrons. The van der Waals surface area contributed by atoms with Crippen molar-refractivity contribution in [1.29, 1.82) is 0 Å². The van der Waals surface area contributed by atoms with E-state index in [1.165, 1.54) is 6.07 Å². The van der Waals surface area contributed by atoms with Gasteiger partial charge in [-0.1, -0.05) is 12.1 Å². The van der Waals surface area contributed by atoms with Gasteiger partial charge in [-0.15, -0.1) is 0 Å². The number of likely N-dealkylation sites (tertiary alicyclic amines) is 1. The van der Waals surface area contributed by atoms with Gasteiger partial charge in [0.15, 0.2) is 0 Å². The van der Waals surface area contributed by atoms with Crippen LogP contribution in [0.1, 0.15) is 23.2 Å². The fourth-order valence-corrected chi connectivity index (χ4v) is 1.97. The van der Waals surface area contributed by atoms with Crippen LogP contribution in [0.15, 0.2) is 24.3 Å². The Morgan fingerprint density at radius 1 is 1.22 bits per heavy atom. The lowest BCUT2D eigenvalue weighted by atomic mass is 9.79. The van der Waals surface area contributed by atoms with Crippen molar-refractivity contribution in [2.45, 2.75) is 12.8 Å². The minimum Gasteiger partial charge on any atom is -0.423 e. The van der Waals surface area contributed by atoms with Crippen molar-refractivity contribution in [3.63, 3.8) is 0 Å². The molecule has 1 aliphatic rings. The first-order valence-electron chi connectivity index (χ1n) is 5.85. The third-order valence-electron chi connectivity index (χ3n) is 3.04.